The Balaban J connectivity index is 1.99. The second kappa shape index (κ2) is 4.26. The van der Waals surface area contributed by atoms with Gasteiger partial charge in [-0.1, -0.05) is 0 Å². The Kier molecular flexibility index (Phi) is 2.60. The minimum absolute atomic E-state index is 0.123. The zero-order chi connectivity index (χ0) is 12.5. The highest BCUT2D eigenvalue weighted by Gasteiger charge is 2.34. The summed E-state index contributed by atoms with van der Waals surface area (Å²) < 4.78 is 10.2. The molecule has 0 bridgehead atoms. The first-order valence-corrected chi connectivity index (χ1v) is 5.60. The molecule has 1 atom stereocenters. The van der Waals surface area contributed by atoms with E-state index in [1.165, 1.54) is 19.1 Å². The molecule has 1 N–H and O–H groups in total. The third-order valence-corrected chi connectivity index (χ3v) is 3.00. The van der Waals surface area contributed by atoms with E-state index in [-0.39, 0.29) is 5.91 Å². The van der Waals surface area contributed by atoms with E-state index >= 15 is 0 Å². The molecule has 2 aromatic heterocycles. The van der Waals surface area contributed by atoms with E-state index in [2.05, 4.69) is 15.3 Å². The molecule has 94 valence electrons. The molecule has 0 saturated carbocycles. The average Bonchev–Trinajstić information content (AvgIpc) is 3.01. The Morgan fingerprint density at radius 2 is 2.33 bits per heavy atom. The van der Waals surface area contributed by atoms with E-state index in [1.807, 2.05) is 0 Å². The van der Waals surface area contributed by atoms with Crippen LogP contribution in [0.15, 0.2) is 27.9 Å². The first-order valence-electron chi connectivity index (χ1n) is 5.60. The van der Waals surface area contributed by atoms with Crippen LogP contribution in [0.4, 0.5) is 5.82 Å². The SMILES string of the molecule is CNC1C(=O)N(c2cocn2)CCc2ncoc21. The second-order valence-electron chi connectivity index (χ2n) is 3.97. The van der Waals surface area contributed by atoms with E-state index in [1.54, 1.807) is 11.9 Å². The van der Waals surface area contributed by atoms with Crippen molar-refractivity contribution in [3.63, 3.8) is 0 Å². The van der Waals surface area contributed by atoms with Crippen molar-refractivity contribution in [1.82, 2.24) is 15.3 Å². The Bertz CT molecular complexity index is 548. The number of fused-ring (bicyclic) bond motifs is 1. The summed E-state index contributed by atoms with van der Waals surface area (Å²) >= 11 is 0. The molecule has 1 amide bonds. The van der Waals surface area contributed by atoms with E-state index < -0.39 is 6.04 Å². The van der Waals surface area contributed by atoms with Crippen LogP contribution in [0.2, 0.25) is 0 Å². The van der Waals surface area contributed by atoms with Gasteiger partial charge in [-0.25, -0.2) is 4.98 Å². The number of amides is 1. The van der Waals surface area contributed by atoms with Gasteiger partial charge in [-0.05, 0) is 7.05 Å². The smallest absolute Gasteiger partial charge is 0.253 e. The topological polar surface area (TPSA) is 84.4 Å². The fraction of sp³-hybridized carbons (Fsp3) is 0.364. The third kappa shape index (κ3) is 1.60. The van der Waals surface area contributed by atoms with Gasteiger partial charge in [0, 0.05) is 13.0 Å². The summed E-state index contributed by atoms with van der Waals surface area (Å²) in [6.07, 6.45) is 4.75. The lowest BCUT2D eigenvalue weighted by molar-refractivity contribution is -0.120. The van der Waals surface area contributed by atoms with Gasteiger partial charge >= 0.3 is 0 Å². The predicted molar refractivity (Wildman–Crippen MR) is 60.9 cm³/mol. The maximum atomic E-state index is 12.4. The predicted octanol–water partition coefficient (Wildman–Crippen LogP) is 0.512. The van der Waals surface area contributed by atoms with E-state index in [0.29, 0.717) is 24.5 Å². The average molecular weight is 248 g/mol. The summed E-state index contributed by atoms with van der Waals surface area (Å²) in [5.74, 6) is 0.959. The lowest BCUT2D eigenvalue weighted by Crippen LogP contribution is -2.39. The molecule has 7 heteroatoms. The fourth-order valence-corrected chi connectivity index (χ4v) is 2.12. The molecule has 0 fully saturated rings. The maximum absolute atomic E-state index is 12.4. The summed E-state index contributed by atoms with van der Waals surface area (Å²) in [6, 6.07) is -0.540. The Labute approximate surface area is 103 Å². The van der Waals surface area contributed by atoms with Crippen molar-refractivity contribution < 1.29 is 13.6 Å². The van der Waals surface area contributed by atoms with Gasteiger partial charge in [0.2, 0.25) is 0 Å². The van der Waals surface area contributed by atoms with Crippen molar-refractivity contribution in [2.24, 2.45) is 0 Å². The van der Waals surface area contributed by atoms with Gasteiger partial charge < -0.3 is 14.2 Å². The second-order valence-corrected chi connectivity index (χ2v) is 3.97. The molecule has 0 saturated heterocycles. The molecule has 1 aliphatic rings. The van der Waals surface area contributed by atoms with Crippen LogP contribution in [-0.2, 0) is 11.2 Å². The number of hydrogen-bond acceptors (Lipinski definition) is 6. The van der Waals surface area contributed by atoms with Crippen LogP contribution in [0.5, 0.6) is 0 Å². The van der Waals surface area contributed by atoms with Crippen LogP contribution in [-0.4, -0.2) is 29.5 Å². The van der Waals surface area contributed by atoms with Crippen molar-refractivity contribution in [2.75, 3.05) is 18.5 Å². The largest absolute Gasteiger partial charge is 0.449 e. The number of rotatable bonds is 2. The van der Waals surface area contributed by atoms with Gasteiger partial charge in [0.25, 0.3) is 5.91 Å². The van der Waals surface area contributed by atoms with Crippen LogP contribution >= 0.6 is 0 Å². The van der Waals surface area contributed by atoms with Crippen LogP contribution in [0.1, 0.15) is 17.5 Å². The number of aromatic nitrogens is 2. The summed E-state index contributed by atoms with van der Waals surface area (Å²) in [6.45, 7) is 0.503. The molecule has 3 heterocycles. The van der Waals surface area contributed by atoms with E-state index in [4.69, 9.17) is 8.83 Å². The minimum Gasteiger partial charge on any atom is -0.449 e. The zero-order valence-electron chi connectivity index (χ0n) is 9.79. The molecule has 1 unspecified atom stereocenters. The summed E-state index contributed by atoms with van der Waals surface area (Å²) in [5.41, 5.74) is 0.800. The Morgan fingerprint density at radius 1 is 1.44 bits per heavy atom. The molecule has 18 heavy (non-hydrogen) atoms. The van der Waals surface area contributed by atoms with Gasteiger partial charge in [0.15, 0.2) is 24.4 Å². The highest BCUT2D eigenvalue weighted by Crippen LogP contribution is 2.26. The van der Waals surface area contributed by atoms with Crippen molar-refractivity contribution in [1.29, 1.82) is 0 Å². The van der Waals surface area contributed by atoms with Crippen LogP contribution in [0.25, 0.3) is 0 Å². The molecule has 2 aromatic rings. The number of nitrogens with zero attached hydrogens (tertiary/aromatic N) is 3. The van der Waals surface area contributed by atoms with Crippen molar-refractivity contribution in [3.8, 4) is 0 Å². The number of hydrogen-bond donors (Lipinski definition) is 1. The van der Waals surface area contributed by atoms with Gasteiger partial charge in [-0.15, -0.1) is 0 Å². The standard InChI is InChI=1S/C11H12N4O3/c1-12-9-10-7(13-6-18-10)2-3-15(11(9)16)8-4-17-5-14-8/h4-6,9,12H,2-3H2,1H3. The van der Waals surface area contributed by atoms with Crippen LogP contribution in [0, 0.1) is 0 Å². The zero-order valence-corrected chi connectivity index (χ0v) is 9.79. The molecule has 0 spiro atoms. The number of oxazole rings is 2. The Hall–Kier alpha value is -2.15. The summed E-state index contributed by atoms with van der Waals surface area (Å²) in [7, 11) is 1.71. The Morgan fingerprint density at radius 3 is 3.06 bits per heavy atom. The van der Waals surface area contributed by atoms with Gasteiger partial charge in [-0.2, -0.15) is 4.98 Å². The number of nitrogens with one attached hydrogen (secondary N) is 1. The number of anilines is 1. The first-order chi connectivity index (χ1) is 8.81. The molecule has 7 nitrogen and oxygen atoms in total. The highest BCUT2D eigenvalue weighted by atomic mass is 16.3. The van der Waals surface area contributed by atoms with Crippen LogP contribution in [0.3, 0.4) is 0 Å². The van der Waals surface area contributed by atoms with Crippen molar-refractivity contribution in [2.45, 2.75) is 12.5 Å². The number of carbonyl (C=O) groups is 1. The van der Waals surface area contributed by atoms with Crippen LogP contribution < -0.4 is 10.2 Å². The van der Waals surface area contributed by atoms with Gasteiger partial charge in [0.1, 0.15) is 12.3 Å². The van der Waals surface area contributed by atoms with E-state index in [9.17, 15) is 4.79 Å². The third-order valence-electron chi connectivity index (χ3n) is 3.00. The molecule has 0 radical (unpaired) electrons. The molecule has 1 aliphatic heterocycles. The summed E-state index contributed by atoms with van der Waals surface area (Å²) in [4.78, 5) is 22.1. The normalized spacial score (nSPS) is 19.7. The van der Waals surface area contributed by atoms with Gasteiger partial charge in [-0.3, -0.25) is 9.69 Å². The molecule has 3 rings (SSSR count). The molecule has 0 aromatic carbocycles. The molecular formula is C11H12N4O3. The van der Waals surface area contributed by atoms with Crippen molar-refractivity contribution >= 4 is 11.7 Å². The molecule has 0 aliphatic carbocycles. The summed E-state index contributed by atoms with van der Waals surface area (Å²) in [5, 5.41) is 2.94. The lowest BCUT2D eigenvalue weighted by atomic mass is 10.1. The first kappa shape index (κ1) is 11.0. The van der Waals surface area contributed by atoms with E-state index in [0.717, 1.165) is 5.69 Å². The van der Waals surface area contributed by atoms with Gasteiger partial charge in [0.05, 0.1) is 5.69 Å². The minimum atomic E-state index is -0.540. The number of likely N-dealkylation sites (N-methyl/N-ethyl adjacent to an activating group) is 1. The van der Waals surface area contributed by atoms with Crippen molar-refractivity contribution in [3.05, 3.63) is 30.5 Å². The highest BCUT2D eigenvalue weighted by molar-refractivity contribution is 5.97. The number of carbonyl (C=O) groups excluding carboxylic acids is 1. The maximum Gasteiger partial charge on any atom is 0.253 e. The monoisotopic (exact) mass is 248 g/mol. The lowest BCUT2D eigenvalue weighted by Gasteiger charge is -2.20. The fourth-order valence-electron chi connectivity index (χ4n) is 2.12. The molecular weight excluding hydrogens is 236 g/mol. The quantitative estimate of drug-likeness (QED) is 0.833.